The zero-order valence-electron chi connectivity index (χ0n) is 21.8. The van der Waals surface area contributed by atoms with E-state index in [1.54, 1.807) is 26.4 Å². The van der Waals surface area contributed by atoms with E-state index in [1.165, 1.54) is 12.1 Å². The van der Waals surface area contributed by atoms with E-state index in [2.05, 4.69) is 24.8 Å². The molecule has 0 amide bonds. The number of ether oxygens (including phenoxy) is 2. The molecule has 1 atom stereocenters. The summed E-state index contributed by atoms with van der Waals surface area (Å²) in [6.07, 6.45) is 4.37. The predicted molar refractivity (Wildman–Crippen MR) is 143 cm³/mol. The molecule has 2 aromatic rings. The number of likely N-dealkylation sites (tertiary alicyclic amines) is 1. The van der Waals surface area contributed by atoms with Crippen molar-refractivity contribution in [2.75, 3.05) is 33.9 Å². The molecule has 0 aliphatic carbocycles. The first kappa shape index (κ1) is 29.6. The van der Waals surface area contributed by atoms with Crippen LogP contribution in [0.3, 0.4) is 0 Å². The van der Waals surface area contributed by atoms with Gasteiger partial charge in [0, 0.05) is 11.5 Å². The molecule has 0 spiro atoms. The molecule has 0 N–H and O–H groups in total. The number of carbonyl (C=O) groups is 1. The number of hydrogen-bond donors (Lipinski definition) is 0. The van der Waals surface area contributed by atoms with Crippen LogP contribution in [0.4, 0.5) is 4.39 Å². The second-order valence-corrected chi connectivity index (χ2v) is 9.75. The molecule has 5 nitrogen and oxygen atoms in total. The topological polar surface area (TPSA) is 62.6 Å². The van der Waals surface area contributed by atoms with Crippen molar-refractivity contribution in [3.63, 3.8) is 0 Å². The van der Waals surface area contributed by atoms with E-state index in [4.69, 9.17) is 9.47 Å². The Bertz CT molecular complexity index is 1030. The molecule has 1 fully saturated rings. The van der Waals surface area contributed by atoms with E-state index in [1.807, 2.05) is 18.2 Å². The van der Waals surface area contributed by atoms with E-state index < -0.39 is 5.41 Å². The number of piperidine rings is 1. The van der Waals surface area contributed by atoms with E-state index in [-0.39, 0.29) is 35.8 Å². The average Bonchev–Trinajstić information content (AvgIpc) is 2.88. The number of unbranched alkanes of at least 4 members (excludes halogenated alkanes) is 1. The fourth-order valence-corrected chi connectivity index (χ4v) is 5.14. The highest BCUT2D eigenvalue weighted by Gasteiger charge is 2.36. The summed E-state index contributed by atoms with van der Waals surface area (Å²) in [6, 6.07) is 14.3. The Hall–Kier alpha value is -2.62. The average molecular weight is 517 g/mol. The lowest BCUT2D eigenvalue weighted by Crippen LogP contribution is -2.37. The summed E-state index contributed by atoms with van der Waals surface area (Å²) in [4.78, 5) is 15.1. The monoisotopic (exact) mass is 516 g/mol. The Morgan fingerprint density at radius 2 is 1.72 bits per heavy atom. The van der Waals surface area contributed by atoms with Crippen LogP contribution in [0.1, 0.15) is 61.9 Å². The highest BCUT2D eigenvalue weighted by molar-refractivity contribution is 5.97. The van der Waals surface area contributed by atoms with Crippen LogP contribution >= 0.6 is 12.4 Å². The van der Waals surface area contributed by atoms with Gasteiger partial charge in [-0.05, 0) is 93.2 Å². The molecule has 0 saturated carbocycles. The first-order valence-corrected chi connectivity index (χ1v) is 12.5. The van der Waals surface area contributed by atoms with Gasteiger partial charge in [0.05, 0.1) is 25.7 Å². The largest absolute Gasteiger partial charge is 0.493 e. The van der Waals surface area contributed by atoms with Crippen LogP contribution in [0, 0.1) is 29.0 Å². The maximum Gasteiger partial charge on any atom is 0.166 e. The van der Waals surface area contributed by atoms with Crippen molar-refractivity contribution in [1.82, 2.24) is 4.90 Å². The van der Waals surface area contributed by atoms with Crippen molar-refractivity contribution in [2.24, 2.45) is 11.8 Å². The number of nitriles is 1. The summed E-state index contributed by atoms with van der Waals surface area (Å²) in [7, 11) is 3.22. The van der Waals surface area contributed by atoms with Crippen LogP contribution in [0.2, 0.25) is 0 Å². The number of methoxy groups -OCH3 is 2. The minimum Gasteiger partial charge on any atom is -0.493 e. The zero-order valence-corrected chi connectivity index (χ0v) is 22.6. The van der Waals surface area contributed by atoms with Crippen molar-refractivity contribution < 1.29 is 18.7 Å². The number of carbonyl (C=O) groups excluding carboxylic acids is 1. The number of benzene rings is 2. The Morgan fingerprint density at radius 1 is 1.08 bits per heavy atom. The molecule has 1 aliphatic rings. The van der Waals surface area contributed by atoms with Gasteiger partial charge in [0.1, 0.15) is 5.82 Å². The van der Waals surface area contributed by atoms with Crippen LogP contribution in [0.5, 0.6) is 11.5 Å². The van der Waals surface area contributed by atoms with Crippen molar-refractivity contribution in [1.29, 1.82) is 5.26 Å². The number of halogens is 2. The predicted octanol–water partition coefficient (Wildman–Crippen LogP) is 6.45. The van der Waals surface area contributed by atoms with Gasteiger partial charge < -0.3 is 14.4 Å². The van der Waals surface area contributed by atoms with Crippen molar-refractivity contribution in [3.8, 4) is 17.6 Å². The lowest BCUT2D eigenvalue weighted by atomic mass is 9.69. The van der Waals surface area contributed by atoms with Gasteiger partial charge in [0.25, 0.3) is 0 Å². The molecule has 1 saturated heterocycles. The lowest BCUT2D eigenvalue weighted by Gasteiger charge is -2.33. The molecule has 36 heavy (non-hydrogen) atoms. The molecule has 0 aromatic heterocycles. The van der Waals surface area contributed by atoms with Crippen molar-refractivity contribution in [3.05, 3.63) is 59.4 Å². The standard InChI is InChI=1S/C29H37FN2O3.ClH/c1-21(2)29(20-31,24-9-12-26(34-3)27(19-24)35-4)15-5-6-16-32-17-13-23(14-18-32)28(33)22-7-10-25(30)11-8-22;/h7-12,19,21,23H,5-6,13-18H2,1-4H3;1H. The molecular formula is C29H38ClFN2O3. The minimum atomic E-state index is -0.589. The fraction of sp³-hybridized carbons (Fsp3) is 0.517. The first-order chi connectivity index (χ1) is 16.8. The molecule has 1 heterocycles. The van der Waals surface area contributed by atoms with Gasteiger partial charge in [-0.1, -0.05) is 26.3 Å². The van der Waals surface area contributed by atoms with Crippen LogP contribution in [0.15, 0.2) is 42.5 Å². The van der Waals surface area contributed by atoms with Gasteiger partial charge in [-0.3, -0.25) is 4.79 Å². The second-order valence-electron chi connectivity index (χ2n) is 9.75. The maximum absolute atomic E-state index is 13.1. The number of nitrogens with zero attached hydrogens (tertiary/aromatic N) is 2. The fourth-order valence-electron chi connectivity index (χ4n) is 5.14. The van der Waals surface area contributed by atoms with Gasteiger partial charge in [-0.25, -0.2) is 4.39 Å². The maximum atomic E-state index is 13.1. The molecule has 196 valence electrons. The summed E-state index contributed by atoms with van der Waals surface area (Å²) >= 11 is 0. The summed E-state index contributed by atoms with van der Waals surface area (Å²) in [5.74, 6) is 1.26. The number of rotatable bonds is 11. The molecule has 2 aromatic carbocycles. The third-order valence-electron chi connectivity index (χ3n) is 7.47. The zero-order chi connectivity index (χ0) is 25.4. The summed E-state index contributed by atoms with van der Waals surface area (Å²) in [5.41, 5.74) is 0.975. The number of Topliss-reactive ketones (excluding diaryl/α,β-unsaturated/α-hetero) is 1. The Balaban J connectivity index is 0.00000456. The molecule has 0 radical (unpaired) electrons. The van der Waals surface area contributed by atoms with Gasteiger partial charge in [0.2, 0.25) is 0 Å². The van der Waals surface area contributed by atoms with E-state index in [0.717, 1.165) is 57.3 Å². The van der Waals surface area contributed by atoms with Crippen LogP contribution < -0.4 is 9.47 Å². The Kier molecular flexibility index (Phi) is 11.2. The van der Waals surface area contributed by atoms with Gasteiger partial charge in [-0.15, -0.1) is 12.4 Å². The Morgan fingerprint density at radius 3 is 2.28 bits per heavy atom. The highest BCUT2D eigenvalue weighted by atomic mass is 35.5. The van der Waals surface area contributed by atoms with Crippen LogP contribution in [-0.4, -0.2) is 44.5 Å². The summed E-state index contributed by atoms with van der Waals surface area (Å²) < 4.78 is 24.0. The van der Waals surface area contributed by atoms with Crippen LogP contribution in [-0.2, 0) is 5.41 Å². The lowest BCUT2D eigenvalue weighted by molar-refractivity contribution is 0.0838. The number of ketones is 1. The van der Waals surface area contributed by atoms with Crippen LogP contribution in [0.25, 0.3) is 0 Å². The molecule has 7 heteroatoms. The Labute approximate surface area is 221 Å². The highest BCUT2D eigenvalue weighted by Crippen LogP contribution is 2.40. The minimum absolute atomic E-state index is 0. The van der Waals surface area contributed by atoms with E-state index in [0.29, 0.717) is 17.1 Å². The van der Waals surface area contributed by atoms with Gasteiger partial charge in [-0.2, -0.15) is 5.26 Å². The summed E-state index contributed by atoms with van der Waals surface area (Å²) in [6.45, 7) is 6.94. The third kappa shape index (κ3) is 6.78. The second kappa shape index (κ2) is 13.6. The summed E-state index contributed by atoms with van der Waals surface area (Å²) in [5, 5.41) is 10.2. The normalized spacial score (nSPS) is 16.0. The van der Waals surface area contributed by atoms with E-state index in [9.17, 15) is 14.4 Å². The molecule has 1 aliphatic heterocycles. The van der Waals surface area contributed by atoms with Crippen molar-refractivity contribution in [2.45, 2.75) is 51.4 Å². The van der Waals surface area contributed by atoms with E-state index >= 15 is 0 Å². The SMILES string of the molecule is COc1ccc(C(C#N)(CCCCN2CCC(C(=O)c3ccc(F)cc3)CC2)C(C)C)cc1OC.Cl. The van der Waals surface area contributed by atoms with Gasteiger partial charge >= 0.3 is 0 Å². The number of hydrogen-bond acceptors (Lipinski definition) is 5. The smallest absolute Gasteiger partial charge is 0.166 e. The third-order valence-corrected chi connectivity index (χ3v) is 7.47. The van der Waals surface area contributed by atoms with Crippen molar-refractivity contribution >= 4 is 18.2 Å². The quantitative estimate of drug-likeness (QED) is 0.254. The molecule has 1 unspecified atom stereocenters. The molecular weight excluding hydrogens is 479 g/mol. The van der Waals surface area contributed by atoms with Gasteiger partial charge in [0.15, 0.2) is 17.3 Å². The molecule has 0 bridgehead atoms. The molecule has 3 rings (SSSR count). The first-order valence-electron chi connectivity index (χ1n) is 12.5.